The van der Waals surface area contributed by atoms with E-state index < -0.39 is 12.1 Å². The molecule has 1 aromatic heterocycles. The van der Waals surface area contributed by atoms with Crippen molar-refractivity contribution in [2.24, 2.45) is 0 Å². The number of hydrogen-bond donors (Lipinski definition) is 1. The van der Waals surface area contributed by atoms with Gasteiger partial charge in [0.05, 0.1) is 6.54 Å². The minimum atomic E-state index is -4.69. The Balaban J connectivity index is 1.67. The van der Waals surface area contributed by atoms with Crippen LogP contribution in [0.3, 0.4) is 0 Å². The van der Waals surface area contributed by atoms with Gasteiger partial charge in [0.2, 0.25) is 5.82 Å². The molecule has 3 rings (SSSR count). The highest BCUT2D eigenvalue weighted by Gasteiger charge is 2.38. The summed E-state index contributed by atoms with van der Waals surface area (Å²) in [5.74, 6) is -1.75. The molecule has 0 amide bonds. The molecule has 8 heteroatoms. The summed E-state index contributed by atoms with van der Waals surface area (Å²) in [5.41, 5.74) is 1.57. The molecule has 0 radical (unpaired) electrons. The van der Waals surface area contributed by atoms with Crippen LogP contribution in [0.4, 0.5) is 18.9 Å². The number of benzene rings is 2. The zero-order valence-corrected chi connectivity index (χ0v) is 12.7. The number of hydrogen-bond acceptors (Lipinski definition) is 5. The maximum Gasteiger partial charge on any atom is 0.471 e. The second-order valence-corrected chi connectivity index (χ2v) is 5.14. The third-order valence-corrected chi connectivity index (χ3v) is 3.36. The highest BCUT2D eigenvalue weighted by Crippen LogP contribution is 2.29. The monoisotopic (exact) mass is 347 g/mol. The number of aromatic nitrogens is 2. The largest absolute Gasteiger partial charge is 0.471 e. The van der Waals surface area contributed by atoms with Crippen LogP contribution in [0.1, 0.15) is 16.2 Å². The van der Waals surface area contributed by atoms with Gasteiger partial charge in [-0.1, -0.05) is 47.6 Å². The molecule has 0 unspecified atom stereocenters. The van der Waals surface area contributed by atoms with Crippen molar-refractivity contribution in [2.45, 2.75) is 6.18 Å². The van der Waals surface area contributed by atoms with Crippen LogP contribution < -0.4 is 5.32 Å². The van der Waals surface area contributed by atoms with E-state index in [1.807, 2.05) is 30.3 Å². The number of rotatable bonds is 5. The van der Waals surface area contributed by atoms with Gasteiger partial charge in [-0.25, -0.2) is 0 Å². The van der Waals surface area contributed by atoms with E-state index in [0.717, 1.165) is 5.69 Å². The first-order valence-electron chi connectivity index (χ1n) is 7.27. The van der Waals surface area contributed by atoms with Gasteiger partial charge in [0.25, 0.3) is 0 Å². The number of carbonyl (C=O) groups is 1. The molecule has 0 saturated carbocycles. The number of nitrogens with one attached hydrogen (secondary N) is 1. The van der Waals surface area contributed by atoms with Gasteiger partial charge in [-0.05, 0) is 12.1 Å². The van der Waals surface area contributed by atoms with Crippen LogP contribution in [0, 0.1) is 0 Å². The van der Waals surface area contributed by atoms with E-state index in [0.29, 0.717) is 11.1 Å². The van der Waals surface area contributed by atoms with Crippen molar-refractivity contribution in [3.63, 3.8) is 0 Å². The second kappa shape index (κ2) is 6.76. The number of nitrogens with zero attached hydrogens (tertiary/aromatic N) is 2. The number of alkyl halides is 3. The number of Topliss-reactive ketones (excluding diaryl/α,β-unsaturated/α-hetero) is 1. The first-order chi connectivity index (χ1) is 11.9. The maximum atomic E-state index is 12.5. The first-order valence-corrected chi connectivity index (χ1v) is 7.27. The average molecular weight is 347 g/mol. The molecule has 0 bridgehead atoms. The van der Waals surface area contributed by atoms with Crippen LogP contribution in [0.25, 0.3) is 11.4 Å². The van der Waals surface area contributed by atoms with E-state index in [1.165, 1.54) is 24.3 Å². The third kappa shape index (κ3) is 4.03. The Kier molecular flexibility index (Phi) is 4.51. The molecule has 3 aromatic rings. The van der Waals surface area contributed by atoms with Crippen molar-refractivity contribution in [3.05, 3.63) is 66.1 Å². The Morgan fingerprint density at radius 1 is 1.04 bits per heavy atom. The first kappa shape index (κ1) is 16.7. The molecule has 0 aliphatic rings. The lowest BCUT2D eigenvalue weighted by Gasteiger charge is -2.05. The fourth-order valence-electron chi connectivity index (χ4n) is 2.10. The predicted molar refractivity (Wildman–Crippen MR) is 84.0 cm³/mol. The number of ketones is 1. The van der Waals surface area contributed by atoms with Crippen molar-refractivity contribution >= 4 is 11.5 Å². The Bertz CT molecular complexity index is 859. The summed E-state index contributed by atoms with van der Waals surface area (Å²) < 4.78 is 41.6. The van der Waals surface area contributed by atoms with E-state index in [1.54, 1.807) is 0 Å². The normalized spacial score (nSPS) is 11.3. The molecular weight excluding hydrogens is 335 g/mol. The van der Waals surface area contributed by atoms with Crippen molar-refractivity contribution in [1.82, 2.24) is 10.1 Å². The highest BCUT2D eigenvalue weighted by molar-refractivity contribution is 5.99. The van der Waals surface area contributed by atoms with Gasteiger partial charge >= 0.3 is 12.1 Å². The third-order valence-electron chi connectivity index (χ3n) is 3.36. The Labute approximate surface area is 140 Å². The second-order valence-electron chi connectivity index (χ2n) is 5.14. The number of carbonyl (C=O) groups excluding carboxylic acids is 1. The topological polar surface area (TPSA) is 68.0 Å². The van der Waals surface area contributed by atoms with Gasteiger partial charge in [-0.2, -0.15) is 18.2 Å². The van der Waals surface area contributed by atoms with Crippen molar-refractivity contribution in [2.75, 3.05) is 11.9 Å². The van der Waals surface area contributed by atoms with Crippen LogP contribution in [0.2, 0.25) is 0 Å². The molecule has 0 saturated heterocycles. The molecule has 5 nitrogen and oxygen atoms in total. The summed E-state index contributed by atoms with van der Waals surface area (Å²) in [5, 5.41) is 6.29. The van der Waals surface area contributed by atoms with Crippen LogP contribution in [-0.4, -0.2) is 22.5 Å². The molecule has 128 valence electrons. The van der Waals surface area contributed by atoms with Gasteiger partial charge in [0.15, 0.2) is 5.78 Å². The molecule has 0 fully saturated rings. The van der Waals surface area contributed by atoms with Gasteiger partial charge in [-0.3, -0.25) is 4.79 Å². The van der Waals surface area contributed by atoms with Crippen molar-refractivity contribution < 1.29 is 22.5 Å². The van der Waals surface area contributed by atoms with Gasteiger partial charge < -0.3 is 9.84 Å². The molecule has 0 aliphatic carbocycles. The molecule has 2 aromatic carbocycles. The number of para-hydroxylation sites is 1. The molecular formula is C17H12F3N3O2. The van der Waals surface area contributed by atoms with E-state index >= 15 is 0 Å². The fraction of sp³-hybridized carbons (Fsp3) is 0.118. The molecule has 0 atom stereocenters. The summed E-state index contributed by atoms with van der Waals surface area (Å²) in [4.78, 5) is 15.4. The SMILES string of the molecule is O=C(CNc1ccccc1)c1ccc(-c2noc(C(F)(F)F)n2)cc1. The van der Waals surface area contributed by atoms with E-state index in [9.17, 15) is 18.0 Å². The molecule has 0 spiro atoms. The molecule has 1 N–H and O–H groups in total. The molecule has 1 heterocycles. The van der Waals surface area contributed by atoms with Gasteiger partial charge in [-0.15, -0.1) is 0 Å². The van der Waals surface area contributed by atoms with Gasteiger partial charge in [0, 0.05) is 16.8 Å². The Hall–Kier alpha value is -3.16. The number of halogens is 3. The smallest absolute Gasteiger partial charge is 0.378 e. The fourth-order valence-corrected chi connectivity index (χ4v) is 2.10. The summed E-state index contributed by atoms with van der Waals surface area (Å²) in [7, 11) is 0. The lowest BCUT2D eigenvalue weighted by Crippen LogP contribution is -2.13. The zero-order valence-electron chi connectivity index (χ0n) is 12.7. The Morgan fingerprint density at radius 2 is 1.72 bits per heavy atom. The van der Waals surface area contributed by atoms with Crippen molar-refractivity contribution in [3.8, 4) is 11.4 Å². The minimum Gasteiger partial charge on any atom is -0.378 e. The minimum absolute atomic E-state index is 0.101. The quantitative estimate of drug-likeness (QED) is 0.705. The predicted octanol–water partition coefficient (Wildman–Crippen LogP) is 4.05. The van der Waals surface area contributed by atoms with Crippen LogP contribution in [-0.2, 0) is 6.18 Å². The van der Waals surface area contributed by atoms with E-state index in [2.05, 4.69) is 20.0 Å². The summed E-state index contributed by atoms with van der Waals surface area (Å²) in [6, 6.07) is 15.2. The lowest BCUT2D eigenvalue weighted by molar-refractivity contribution is -0.159. The summed E-state index contributed by atoms with van der Waals surface area (Å²) in [6.45, 7) is 0.101. The van der Waals surface area contributed by atoms with Gasteiger partial charge in [0.1, 0.15) is 0 Å². The zero-order chi connectivity index (χ0) is 17.9. The van der Waals surface area contributed by atoms with Crippen LogP contribution >= 0.6 is 0 Å². The molecule has 0 aliphatic heterocycles. The highest BCUT2D eigenvalue weighted by atomic mass is 19.4. The van der Waals surface area contributed by atoms with Crippen LogP contribution in [0.15, 0.2) is 59.1 Å². The van der Waals surface area contributed by atoms with E-state index in [-0.39, 0.29) is 18.2 Å². The maximum absolute atomic E-state index is 12.5. The number of anilines is 1. The lowest BCUT2D eigenvalue weighted by atomic mass is 10.1. The average Bonchev–Trinajstić information content (AvgIpc) is 3.11. The summed E-state index contributed by atoms with van der Waals surface area (Å²) in [6.07, 6.45) is -4.69. The Morgan fingerprint density at radius 3 is 2.32 bits per heavy atom. The van der Waals surface area contributed by atoms with Crippen LogP contribution in [0.5, 0.6) is 0 Å². The standard InChI is InChI=1S/C17H12F3N3O2/c18-17(19,20)16-22-15(23-25-16)12-8-6-11(7-9-12)14(24)10-21-13-4-2-1-3-5-13/h1-9,21H,10H2. The molecule has 25 heavy (non-hydrogen) atoms. The summed E-state index contributed by atoms with van der Waals surface area (Å²) >= 11 is 0. The van der Waals surface area contributed by atoms with E-state index in [4.69, 9.17) is 0 Å². The van der Waals surface area contributed by atoms with Crippen molar-refractivity contribution in [1.29, 1.82) is 0 Å².